The van der Waals surface area contributed by atoms with Crippen LogP contribution in [-0.4, -0.2) is 45.1 Å². The zero-order chi connectivity index (χ0) is 16.3. The van der Waals surface area contributed by atoms with Crippen molar-refractivity contribution in [3.63, 3.8) is 0 Å². The fraction of sp³-hybridized carbons (Fsp3) is 0.611. The average Bonchev–Trinajstić information content (AvgIpc) is 2.58. The van der Waals surface area contributed by atoms with E-state index in [0.29, 0.717) is 33.0 Å². The standard InChI is InChI=1S/C18H26O5/c1-15(19)17-7-5-16(6-8-17)14-21-11-10-20-12-13-23-18-4-2-3-9-22-18/h5-8,18H,2-4,9-14H2,1H3. The highest BCUT2D eigenvalue weighted by molar-refractivity contribution is 5.93. The Balaban J connectivity index is 1.45. The van der Waals surface area contributed by atoms with E-state index in [0.717, 1.165) is 30.6 Å². The quantitative estimate of drug-likeness (QED) is 0.490. The summed E-state index contributed by atoms with van der Waals surface area (Å²) >= 11 is 0. The molecule has 1 aliphatic heterocycles. The summed E-state index contributed by atoms with van der Waals surface area (Å²) in [4.78, 5) is 11.2. The predicted molar refractivity (Wildman–Crippen MR) is 86.5 cm³/mol. The number of carbonyl (C=O) groups excluding carboxylic acids is 1. The smallest absolute Gasteiger partial charge is 0.159 e. The zero-order valence-electron chi connectivity index (χ0n) is 13.8. The molecule has 0 N–H and O–H groups in total. The molecule has 5 nitrogen and oxygen atoms in total. The maximum absolute atomic E-state index is 11.2. The second-order valence-corrected chi connectivity index (χ2v) is 5.58. The molecule has 128 valence electrons. The zero-order valence-corrected chi connectivity index (χ0v) is 13.8. The van der Waals surface area contributed by atoms with Crippen molar-refractivity contribution < 1.29 is 23.7 Å². The second-order valence-electron chi connectivity index (χ2n) is 5.58. The van der Waals surface area contributed by atoms with Crippen LogP contribution in [0.5, 0.6) is 0 Å². The molecule has 0 spiro atoms. The molecule has 23 heavy (non-hydrogen) atoms. The van der Waals surface area contributed by atoms with E-state index in [1.165, 1.54) is 6.42 Å². The Labute approximate surface area is 137 Å². The lowest BCUT2D eigenvalue weighted by Gasteiger charge is -2.22. The molecule has 1 fully saturated rings. The van der Waals surface area contributed by atoms with E-state index in [1.807, 2.05) is 24.3 Å². The van der Waals surface area contributed by atoms with Crippen LogP contribution in [0.1, 0.15) is 42.1 Å². The molecule has 1 aromatic rings. The Kier molecular flexibility index (Phi) is 8.25. The van der Waals surface area contributed by atoms with Gasteiger partial charge in [0.05, 0.1) is 33.0 Å². The van der Waals surface area contributed by atoms with E-state index in [-0.39, 0.29) is 12.1 Å². The van der Waals surface area contributed by atoms with E-state index in [4.69, 9.17) is 18.9 Å². The maximum atomic E-state index is 11.2. The van der Waals surface area contributed by atoms with E-state index in [1.54, 1.807) is 6.92 Å². The van der Waals surface area contributed by atoms with Crippen LogP contribution >= 0.6 is 0 Å². The summed E-state index contributed by atoms with van der Waals surface area (Å²) in [6.45, 7) is 5.07. The van der Waals surface area contributed by atoms with Crippen LogP contribution in [0.15, 0.2) is 24.3 Å². The van der Waals surface area contributed by atoms with E-state index in [2.05, 4.69) is 0 Å². The minimum absolute atomic E-state index is 0.0541. The number of Topliss-reactive ketones (excluding diaryl/α,β-unsaturated/α-hetero) is 1. The van der Waals surface area contributed by atoms with Crippen molar-refractivity contribution in [1.82, 2.24) is 0 Å². The van der Waals surface area contributed by atoms with Gasteiger partial charge in [-0.15, -0.1) is 0 Å². The fourth-order valence-corrected chi connectivity index (χ4v) is 2.33. The summed E-state index contributed by atoms with van der Waals surface area (Å²) < 4.78 is 22.0. The highest BCUT2D eigenvalue weighted by atomic mass is 16.7. The molecule has 1 unspecified atom stereocenters. The highest BCUT2D eigenvalue weighted by Crippen LogP contribution is 2.13. The number of ketones is 1. The molecule has 0 radical (unpaired) electrons. The molecule has 0 aliphatic carbocycles. The van der Waals surface area contributed by atoms with Gasteiger partial charge < -0.3 is 18.9 Å². The van der Waals surface area contributed by atoms with Crippen LogP contribution < -0.4 is 0 Å². The van der Waals surface area contributed by atoms with Crippen LogP contribution in [0.2, 0.25) is 0 Å². The van der Waals surface area contributed by atoms with Gasteiger partial charge in [-0.2, -0.15) is 0 Å². The SMILES string of the molecule is CC(=O)c1ccc(COCCOCCOC2CCCCO2)cc1. The van der Waals surface area contributed by atoms with Gasteiger partial charge in [-0.3, -0.25) is 4.79 Å². The fourth-order valence-electron chi connectivity index (χ4n) is 2.33. The second kappa shape index (κ2) is 10.5. The van der Waals surface area contributed by atoms with Crippen molar-refractivity contribution in [3.8, 4) is 0 Å². The molecule has 0 aromatic heterocycles. The van der Waals surface area contributed by atoms with Gasteiger partial charge >= 0.3 is 0 Å². The molecule has 1 aromatic carbocycles. The number of hydrogen-bond acceptors (Lipinski definition) is 5. The first-order chi connectivity index (χ1) is 11.3. The molecular formula is C18H26O5. The van der Waals surface area contributed by atoms with Gasteiger partial charge in [0.15, 0.2) is 12.1 Å². The van der Waals surface area contributed by atoms with Gasteiger partial charge in [0.2, 0.25) is 0 Å². The molecule has 0 amide bonds. The van der Waals surface area contributed by atoms with Crippen molar-refractivity contribution in [2.24, 2.45) is 0 Å². The minimum atomic E-state index is -0.0541. The Morgan fingerprint density at radius 2 is 1.83 bits per heavy atom. The first kappa shape index (κ1) is 18.1. The van der Waals surface area contributed by atoms with Gasteiger partial charge in [0.1, 0.15) is 0 Å². The molecule has 0 saturated carbocycles. The first-order valence-corrected chi connectivity index (χ1v) is 8.24. The lowest BCUT2D eigenvalue weighted by molar-refractivity contribution is -0.169. The molecule has 1 saturated heterocycles. The molecule has 1 aliphatic rings. The van der Waals surface area contributed by atoms with Gasteiger partial charge in [-0.25, -0.2) is 0 Å². The van der Waals surface area contributed by atoms with E-state index in [9.17, 15) is 4.79 Å². The number of rotatable bonds is 10. The van der Waals surface area contributed by atoms with Gasteiger partial charge in [-0.05, 0) is 31.7 Å². The third kappa shape index (κ3) is 7.22. The van der Waals surface area contributed by atoms with Gasteiger partial charge in [0.25, 0.3) is 0 Å². The molecule has 5 heteroatoms. The Morgan fingerprint density at radius 3 is 2.52 bits per heavy atom. The molecule has 1 heterocycles. The summed E-state index contributed by atoms with van der Waals surface area (Å²) in [5.41, 5.74) is 1.77. The van der Waals surface area contributed by atoms with Crippen LogP contribution in [0.4, 0.5) is 0 Å². The summed E-state index contributed by atoms with van der Waals surface area (Å²) in [6, 6.07) is 7.47. The van der Waals surface area contributed by atoms with E-state index >= 15 is 0 Å². The van der Waals surface area contributed by atoms with E-state index < -0.39 is 0 Å². The Hall–Kier alpha value is -1.27. The average molecular weight is 322 g/mol. The third-order valence-electron chi connectivity index (χ3n) is 3.67. The van der Waals surface area contributed by atoms with Crippen molar-refractivity contribution in [1.29, 1.82) is 0 Å². The van der Waals surface area contributed by atoms with Crippen molar-refractivity contribution in [2.75, 3.05) is 33.0 Å². The summed E-state index contributed by atoms with van der Waals surface area (Å²) in [5.74, 6) is 0.0757. The van der Waals surface area contributed by atoms with Crippen LogP contribution in [0, 0.1) is 0 Å². The number of benzene rings is 1. The predicted octanol–water partition coefficient (Wildman–Crippen LogP) is 2.97. The summed E-state index contributed by atoms with van der Waals surface area (Å²) in [7, 11) is 0. The highest BCUT2D eigenvalue weighted by Gasteiger charge is 2.13. The Bertz CT molecular complexity index is 451. The lowest BCUT2D eigenvalue weighted by Crippen LogP contribution is -2.24. The third-order valence-corrected chi connectivity index (χ3v) is 3.67. The maximum Gasteiger partial charge on any atom is 0.159 e. The van der Waals surface area contributed by atoms with Crippen molar-refractivity contribution >= 4 is 5.78 Å². The van der Waals surface area contributed by atoms with Crippen molar-refractivity contribution in [3.05, 3.63) is 35.4 Å². The first-order valence-electron chi connectivity index (χ1n) is 8.24. The molecule has 2 rings (SSSR count). The van der Waals surface area contributed by atoms with Crippen LogP contribution in [-0.2, 0) is 25.6 Å². The molecule has 0 bridgehead atoms. The topological polar surface area (TPSA) is 54.0 Å². The monoisotopic (exact) mass is 322 g/mol. The number of carbonyl (C=O) groups is 1. The summed E-state index contributed by atoms with van der Waals surface area (Å²) in [5, 5.41) is 0. The minimum Gasteiger partial charge on any atom is -0.377 e. The Morgan fingerprint density at radius 1 is 1.09 bits per heavy atom. The van der Waals surface area contributed by atoms with Gasteiger partial charge in [-0.1, -0.05) is 24.3 Å². The van der Waals surface area contributed by atoms with Crippen LogP contribution in [0.3, 0.4) is 0 Å². The largest absolute Gasteiger partial charge is 0.377 e. The summed E-state index contributed by atoms with van der Waals surface area (Å²) in [6.07, 6.45) is 3.23. The number of ether oxygens (including phenoxy) is 4. The van der Waals surface area contributed by atoms with Crippen molar-refractivity contribution in [2.45, 2.75) is 39.1 Å². The van der Waals surface area contributed by atoms with Crippen LogP contribution in [0.25, 0.3) is 0 Å². The molecule has 1 atom stereocenters. The van der Waals surface area contributed by atoms with Gasteiger partial charge in [0, 0.05) is 12.2 Å². The molecular weight excluding hydrogens is 296 g/mol. The lowest BCUT2D eigenvalue weighted by atomic mass is 10.1. The normalized spacial score (nSPS) is 18.0. The number of hydrogen-bond donors (Lipinski definition) is 0.